The van der Waals surface area contributed by atoms with E-state index in [4.69, 9.17) is 0 Å². The predicted octanol–water partition coefficient (Wildman–Crippen LogP) is 2.25. The van der Waals surface area contributed by atoms with Crippen LogP contribution in [0.15, 0.2) is 66.9 Å². The first-order valence-electron chi connectivity index (χ1n) is 9.39. The first-order valence-corrected chi connectivity index (χ1v) is 9.39. The van der Waals surface area contributed by atoms with Gasteiger partial charge >= 0.3 is 0 Å². The van der Waals surface area contributed by atoms with Crippen molar-refractivity contribution in [1.82, 2.24) is 25.2 Å². The zero-order chi connectivity index (χ0) is 18.9. The van der Waals surface area contributed by atoms with Gasteiger partial charge in [-0.05, 0) is 46.7 Å². The lowest BCUT2D eigenvalue weighted by atomic mass is 9.94. The van der Waals surface area contributed by atoms with E-state index < -0.39 is 6.10 Å². The monoisotopic (exact) mass is 372 g/mol. The number of para-hydroxylation sites is 2. The topological polar surface area (TPSA) is 80.0 Å². The molecule has 1 aliphatic rings. The minimum atomic E-state index is -0.437. The van der Waals surface area contributed by atoms with Gasteiger partial charge in [-0.2, -0.15) is 4.68 Å². The summed E-state index contributed by atoms with van der Waals surface area (Å²) in [6.45, 7) is 1.21. The van der Waals surface area contributed by atoms with Gasteiger partial charge in [0.05, 0.1) is 17.3 Å². The van der Waals surface area contributed by atoms with Crippen LogP contribution in [-0.2, 0) is 6.42 Å². The summed E-state index contributed by atoms with van der Waals surface area (Å²) in [5.41, 5.74) is 3.09. The summed E-state index contributed by atoms with van der Waals surface area (Å²) in [6, 6.07) is 20.0. The summed E-state index contributed by atoms with van der Waals surface area (Å²) in [5.74, 6) is 0.763. The van der Waals surface area contributed by atoms with Gasteiger partial charge in [0, 0.05) is 30.6 Å². The van der Waals surface area contributed by atoms with E-state index in [1.54, 1.807) is 4.68 Å². The summed E-state index contributed by atoms with van der Waals surface area (Å²) in [4.78, 5) is 6.49. The molecule has 28 heavy (non-hydrogen) atoms. The van der Waals surface area contributed by atoms with Crippen molar-refractivity contribution in [2.24, 2.45) is 5.92 Å². The van der Waals surface area contributed by atoms with Crippen LogP contribution >= 0.6 is 0 Å². The molecule has 1 N–H and O–H groups in total. The van der Waals surface area contributed by atoms with Crippen molar-refractivity contribution in [3.8, 4) is 5.69 Å². The maximum atomic E-state index is 10.7. The Morgan fingerprint density at radius 3 is 2.68 bits per heavy atom. The molecule has 7 heteroatoms. The molecule has 0 saturated carbocycles. The van der Waals surface area contributed by atoms with Gasteiger partial charge < -0.3 is 10.0 Å². The zero-order valence-electron chi connectivity index (χ0n) is 15.3. The number of rotatable bonds is 4. The number of tetrazole rings is 1. The lowest BCUT2D eigenvalue weighted by molar-refractivity contribution is 0.148. The number of aliphatic hydroxyl groups excluding tert-OH is 1. The number of nitrogens with zero attached hydrogens (tertiary/aromatic N) is 6. The van der Waals surface area contributed by atoms with Gasteiger partial charge in [0.2, 0.25) is 5.95 Å². The van der Waals surface area contributed by atoms with Gasteiger partial charge in [-0.25, -0.2) is 0 Å². The average molecular weight is 372 g/mol. The third-order valence-electron chi connectivity index (χ3n) is 5.36. The molecular weight excluding hydrogens is 352 g/mol. The second-order valence-electron chi connectivity index (χ2n) is 7.15. The number of aromatic nitrogens is 5. The van der Waals surface area contributed by atoms with Crippen molar-refractivity contribution in [2.75, 3.05) is 18.0 Å². The van der Waals surface area contributed by atoms with Crippen molar-refractivity contribution in [2.45, 2.75) is 12.5 Å². The largest absolute Gasteiger partial charge is 0.391 e. The van der Waals surface area contributed by atoms with E-state index in [0.717, 1.165) is 23.0 Å². The summed E-state index contributed by atoms with van der Waals surface area (Å²) in [6.07, 6.45) is 2.19. The molecule has 1 saturated heterocycles. The van der Waals surface area contributed by atoms with Crippen LogP contribution in [0.5, 0.6) is 0 Å². The van der Waals surface area contributed by atoms with E-state index in [1.165, 1.54) is 5.56 Å². The van der Waals surface area contributed by atoms with E-state index in [9.17, 15) is 5.11 Å². The van der Waals surface area contributed by atoms with Crippen molar-refractivity contribution in [1.29, 1.82) is 0 Å². The Bertz CT molecular complexity index is 1090. The zero-order valence-corrected chi connectivity index (χ0v) is 15.3. The fourth-order valence-electron chi connectivity index (χ4n) is 3.95. The van der Waals surface area contributed by atoms with E-state index in [0.29, 0.717) is 19.0 Å². The highest BCUT2D eigenvalue weighted by Gasteiger charge is 2.34. The summed E-state index contributed by atoms with van der Waals surface area (Å²) < 4.78 is 1.72. The molecule has 1 aliphatic heterocycles. The molecule has 0 amide bonds. The minimum absolute atomic E-state index is 0.103. The maximum Gasteiger partial charge on any atom is 0.250 e. The first-order chi connectivity index (χ1) is 13.8. The second kappa shape index (κ2) is 7.01. The Hall–Kier alpha value is -3.32. The second-order valence-corrected chi connectivity index (χ2v) is 7.15. The Kier molecular flexibility index (Phi) is 4.21. The van der Waals surface area contributed by atoms with Crippen LogP contribution in [-0.4, -0.2) is 49.5 Å². The van der Waals surface area contributed by atoms with Gasteiger partial charge in [-0.3, -0.25) is 4.98 Å². The predicted molar refractivity (Wildman–Crippen MR) is 106 cm³/mol. The third-order valence-corrected chi connectivity index (χ3v) is 5.36. The molecule has 0 aliphatic carbocycles. The highest BCUT2D eigenvalue weighted by atomic mass is 16.3. The van der Waals surface area contributed by atoms with E-state index in [1.807, 2.05) is 60.8 Å². The van der Waals surface area contributed by atoms with Crippen molar-refractivity contribution in [3.05, 3.63) is 72.4 Å². The molecule has 2 aromatic carbocycles. The normalized spacial score (nSPS) is 19.4. The summed E-state index contributed by atoms with van der Waals surface area (Å²) in [5, 5.41) is 24.0. The molecule has 7 nitrogen and oxygen atoms in total. The molecule has 5 rings (SSSR count). The number of β-amino-alcohol motifs (C(OH)–C–C–N with tert-alkyl or cyclic N) is 1. The van der Waals surface area contributed by atoms with Gasteiger partial charge in [-0.1, -0.05) is 41.5 Å². The average Bonchev–Trinajstić information content (AvgIpc) is 3.36. The molecule has 2 atom stereocenters. The Morgan fingerprint density at radius 2 is 1.79 bits per heavy atom. The number of benzene rings is 2. The van der Waals surface area contributed by atoms with Crippen LogP contribution in [0.2, 0.25) is 0 Å². The minimum Gasteiger partial charge on any atom is -0.391 e. The first kappa shape index (κ1) is 16.8. The quantitative estimate of drug-likeness (QED) is 0.592. The highest BCUT2D eigenvalue weighted by molar-refractivity contribution is 5.81. The molecule has 0 unspecified atom stereocenters. The Morgan fingerprint density at radius 1 is 0.964 bits per heavy atom. The van der Waals surface area contributed by atoms with Crippen LogP contribution in [0.3, 0.4) is 0 Å². The fourth-order valence-corrected chi connectivity index (χ4v) is 3.95. The number of pyridine rings is 1. The maximum absolute atomic E-state index is 10.7. The van der Waals surface area contributed by atoms with Crippen molar-refractivity contribution < 1.29 is 5.11 Å². The Balaban J connectivity index is 1.40. The Labute approximate surface area is 162 Å². The molecule has 0 spiro atoms. The summed E-state index contributed by atoms with van der Waals surface area (Å²) >= 11 is 0. The van der Waals surface area contributed by atoms with Gasteiger partial charge in [-0.15, -0.1) is 0 Å². The van der Waals surface area contributed by atoms with E-state index >= 15 is 0 Å². The molecule has 0 radical (unpaired) electrons. The van der Waals surface area contributed by atoms with Crippen LogP contribution in [0, 0.1) is 5.92 Å². The van der Waals surface area contributed by atoms with Gasteiger partial charge in [0.25, 0.3) is 0 Å². The lowest BCUT2D eigenvalue weighted by Crippen LogP contribution is -2.24. The highest BCUT2D eigenvalue weighted by Crippen LogP contribution is 2.28. The van der Waals surface area contributed by atoms with E-state index in [2.05, 4.69) is 31.5 Å². The number of hydrogen-bond donors (Lipinski definition) is 1. The van der Waals surface area contributed by atoms with Gasteiger partial charge in [0.1, 0.15) is 0 Å². The number of fused-ring (bicyclic) bond motifs is 1. The summed E-state index contributed by atoms with van der Waals surface area (Å²) in [7, 11) is 0. The number of hydrogen-bond acceptors (Lipinski definition) is 6. The van der Waals surface area contributed by atoms with Crippen LogP contribution < -0.4 is 4.90 Å². The third kappa shape index (κ3) is 2.99. The molecule has 140 valence electrons. The van der Waals surface area contributed by atoms with Crippen molar-refractivity contribution >= 4 is 16.9 Å². The van der Waals surface area contributed by atoms with Crippen LogP contribution in [0.25, 0.3) is 16.6 Å². The van der Waals surface area contributed by atoms with E-state index in [-0.39, 0.29) is 5.92 Å². The lowest BCUT2D eigenvalue weighted by Gasteiger charge is -2.17. The van der Waals surface area contributed by atoms with Gasteiger partial charge in [0.15, 0.2) is 0 Å². The number of aliphatic hydroxyl groups is 1. The fraction of sp³-hybridized carbons (Fsp3) is 0.238. The molecule has 0 bridgehead atoms. The molecule has 3 heterocycles. The molecule has 4 aromatic rings. The van der Waals surface area contributed by atoms with Crippen LogP contribution in [0.1, 0.15) is 5.56 Å². The smallest absolute Gasteiger partial charge is 0.250 e. The molecular formula is C21H20N6O. The standard InChI is InChI=1S/C21H20N6O/c28-20-14-26(21-23-24-25-27(21)17-6-2-1-3-7-17)13-16(20)12-15-10-11-22-19-9-5-4-8-18(15)19/h1-11,16,20,28H,12-14H2/t16-,20-/m1/s1. The molecule has 2 aromatic heterocycles. The van der Waals surface area contributed by atoms with Crippen LogP contribution in [0.4, 0.5) is 5.95 Å². The number of anilines is 1. The molecule has 1 fully saturated rings. The SMILES string of the molecule is O[C@@H]1CN(c2nnnn2-c2ccccc2)C[C@H]1Cc1ccnc2ccccc12. The van der Waals surface area contributed by atoms with Crippen molar-refractivity contribution in [3.63, 3.8) is 0 Å².